The van der Waals surface area contributed by atoms with Crippen LogP contribution in [0.3, 0.4) is 0 Å². The predicted octanol–water partition coefficient (Wildman–Crippen LogP) is 4.97. The van der Waals surface area contributed by atoms with Gasteiger partial charge >= 0.3 is 6.18 Å². The largest absolute Gasteiger partial charge is 0.403 e. The van der Waals surface area contributed by atoms with Crippen LogP contribution in [0.2, 0.25) is 0 Å². The second-order valence-corrected chi connectivity index (χ2v) is 9.48. The number of anilines is 1. The zero-order valence-electron chi connectivity index (χ0n) is 19.2. The number of imidazole rings is 1. The molecule has 10 heteroatoms. The van der Waals surface area contributed by atoms with Gasteiger partial charge in [-0.15, -0.1) is 0 Å². The number of rotatable bonds is 4. The lowest BCUT2D eigenvalue weighted by Crippen LogP contribution is -2.47. The van der Waals surface area contributed by atoms with Gasteiger partial charge < -0.3 is 15.2 Å². The number of nitrogens with zero attached hydrogens (tertiary/aromatic N) is 4. The van der Waals surface area contributed by atoms with Crippen LogP contribution in [0.15, 0.2) is 42.7 Å². The molecule has 4 aromatic rings. The van der Waals surface area contributed by atoms with Gasteiger partial charge in [-0.05, 0) is 37.8 Å². The summed E-state index contributed by atoms with van der Waals surface area (Å²) in [5.41, 5.74) is 1.32. The first kappa shape index (κ1) is 21.9. The number of para-hydroxylation sites is 1. The third-order valence-electron chi connectivity index (χ3n) is 7.45. The second-order valence-electron chi connectivity index (χ2n) is 9.48. The Morgan fingerprint density at radius 1 is 1.20 bits per heavy atom. The highest BCUT2D eigenvalue weighted by Crippen LogP contribution is 2.58. The van der Waals surface area contributed by atoms with E-state index in [-0.39, 0.29) is 18.8 Å². The number of halogens is 3. The zero-order valence-corrected chi connectivity index (χ0v) is 19.2. The molecule has 6 rings (SSSR count). The maximum Gasteiger partial charge on any atom is 0.403 e. The Balaban J connectivity index is 1.33. The Morgan fingerprint density at radius 2 is 1.94 bits per heavy atom. The number of benzene rings is 1. The van der Waals surface area contributed by atoms with Crippen LogP contribution in [0, 0.1) is 5.41 Å². The molecule has 1 amide bonds. The molecule has 2 fully saturated rings. The summed E-state index contributed by atoms with van der Waals surface area (Å²) < 4.78 is 42.4. The number of likely N-dealkylation sites (tertiary alicyclic amines) is 1. The van der Waals surface area contributed by atoms with Gasteiger partial charge in [0, 0.05) is 49.4 Å². The number of piperidine rings is 1. The third kappa shape index (κ3) is 3.37. The van der Waals surface area contributed by atoms with Crippen LogP contribution in [-0.4, -0.2) is 56.5 Å². The quantitative estimate of drug-likeness (QED) is 0.431. The van der Waals surface area contributed by atoms with E-state index in [1.165, 1.54) is 4.90 Å². The Morgan fingerprint density at radius 3 is 2.60 bits per heavy atom. The van der Waals surface area contributed by atoms with E-state index in [1.54, 1.807) is 6.20 Å². The summed E-state index contributed by atoms with van der Waals surface area (Å²) in [6.07, 6.45) is 0.0000368. The summed E-state index contributed by atoms with van der Waals surface area (Å²) in [7, 11) is 1.81. The number of carbonyl (C=O) groups excluding carboxylic acids is 1. The number of aromatic amines is 1. The number of fused-ring (bicyclic) bond motifs is 2. The fraction of sp³-hybridized carbons (Fsp3) is 0.400. The molecule has 0 radical (unpaired) electrons. The summed E-state index contributed by atoms with van der Waals surface area (Å²) >= 11 is 0. The maximum absolute atomic E-state index is 13.5. The van der Waals surface area contributed by atoms with Crippen LogP contribution in [0.25, 0.3) is 27.8 Å². The highest BCUT2D eigenvalue weighted by atomic mass is 19.4. The number of H-pyrrole nitrogens is 1. The summed E-state index contributed by atoms with van der Waals surface area (Å²) in [5, 5.41) is 4.22. The Bertz CT molecular complexity index is 1390. The molecule has 182 valence electrons. The number of nitrogens with one attached hydrogen (secondary N) is 2. The van der Waals surface area contributed by atoms with Crippen molar-refractivity contribution in [2.75, 3.05) is 25.5 Å². The fourth-order valence-corrected chi connectivity index (χ4v) is 5.31. The number of amides is 1. The van der Waals surface area contributed by atoms with Gasteiger partial charge in [0.25, 0.3) is 0 Å². The van der Waals surface area contributed by atoms with Crippen LogP contribution < -0.4 is 5.32 Å². The molecular formula is C25H25F3N6O. The highest BCUT2D eigenvalue weighted by molar-refractivity contribution is 5.92. The van der Waals surface area contributed by atoms with E-state index >= 15 is 0 Å². The first-order valence-electron chi connectivity index (χ1n) is 11.8. The lowest BCUT2D eigenvalue weighted by molar-refractivity contribution is -0.199. The van der Waals surface area contributed by atoms with Crippen molar-refractivity contribution in [3.05, 3.63) is 48.5 Å². The minimum atomic E-state index is -4.48. The van der Waals surface area contributed by atoms with E-state index < -0.39 is 17.5 Å². The van der Waals surface area contributed by atoms with Crippen molar-refractivity contribution in [3.8, 4) is 11.4 Å². The number of hydrogen-bond donors (Lipinski definition) is 2. The van der Waals surface area contributed by atoms with Gasteiger partial charge in [-0.3, -0.25) is 9.20 Å². The standard InChI is InChI=1S/C25H25F3N6O/c1-29-21-20-19(18-14-16-4-2-3-5-17(16)31-18)32-22(34(20)13-10-30-21)15-6-11-33(12-7-15)23(35)24(8-9-24)25(26,27)28/h2-5,10,13-15,31H,6-9,11-12H2,1H3,(H,29,30). The first-order valence-corrected chi connectivity index (χ1v) is 11.8. The molecule has 0 bridgehead atoms. The molecule has 2 aliphatic rings. The van der Waals surface area contributed by atoms with Crippen LogP contribution in [0.4, 0.5) is 19.0 Å². The van der Waals surface area contributed by atoms with Crippen LogP contribution in [0.5, 0.6) is 0 Å². The van der Waals surface area contributed by atoms with Crippen LogP contribution >= 0.6 is 0 Å². The smallest absolute Gasteiger partial charge is 0.371 e. The molecular weight excluding hydrogens is 457 g/mol. The SMILES string of the molecule is CNc1nccn2c(C3CCN(C(=O)C4(C(F)(F)F)CC4)CC3)nc(-c3cc4ccccc4[nH]3)c12. The van der Waals surface area contributed by atoms with Crippen molar-refractivity contribution in [1.82, 2.24) is 24.3 Å². The molecule has 1 aromatic carbocycles. The highest BCUT2D eigenvalue weighted by Gasteiger charge is 2.69. The Hall–Kier alpha value is -3.56. The van der Waals surface area contributed by atoms with Gasteiger partial charge in [0.15, 0.2) is 5.82 Å². The normalized spacial score (nSPS) is 18.3. The van der Waals surface area contributed by atoms with Gasteiger partial charge in [-0.2, -0.15) is 13.2 Å². The van der Waals surface area contributed by atoms with Crippen molar-refractivity contribution in [2.45, 2.75) is 37.8 Å². The van der Waals surface area contributed by atoms with Crippen molar-refractivity contribution in [2.24, 2.45) is 5.41 Å². The molecule has 35 heavy (non-hydrogen) atoms. The molecule has 1 saturated carbocycles. The molecule has 1 aliphatic heterocycles. The van der Waals surface area contributed by atoms with Crippen molar-refractivity contribution < 1.29 is 18.0 Å². The minimum absolute atomic E-state index is 0.0119. The van der Waals surface area contributed by atoms with Gasteiger partial charge in [-0.25, -0.2) is 9.97 Å². The lowest BCUT2D eigenvalue weighted by Gasteiger charge is -2.34. The molecule has 0 unspecified atom stereocenters. The zero-order chi connectivity index (χ0) is 24.4. The Kier molecular flexibility index (Phi) is 4.84. The minimum Gasteiger partial charge on any atom is -0.371 e. The summed E-state index contributed by atoms with van der Waals surface area (Å²) in [6, 6.07) is 10.1. The third-order valence-corrected chi connectivity index (χ3v) is 7.45. The van der Waals surface area contributed by atoms with E-state index in [0.29, 0.717) is 31.7 Å². The van der Waals surface area contributed by atoms with E-state index in [0.717, 1.165) is 33.6 Å². The molecule has 4 heterocycles. The summed E-state index contributed by atoms with van der Waals surface area (Å²) in [6.45, 7) is 0.587. The molecule has 0 spiro atoms. The molecule has 1 aliphatic carbocycles. The molecule has 0 atom stereocenters. The number of carbonyl (C=O) groups is 1. The van der Waals surface area contributed by atoms with E-state index in [1.807, 2.05) is 41.9 Å². The lowest BCUT2D eigenvalue weighted by atomic mass is 9.94. The second kappa shape index (κ2) is 7.73. The van der Waals surface area contributed by atoms with Crippen LogP contribution in [0.1, 0.15) is 37.4 Å². The first-order chi connectivity index (χ1) is 16.8. The average molecular weight is 483 g/mol. The van der Waals surface area contributed by atoms with E-state index in [9.17, 15) is 18.0 Å². The maximum atomic E-state index is 13.5. The molecule has 3 aromatic heterocycles. The summed E-state index contributed by atoms with van der Waals surface area (Å²) in [5.74, 6) is 0.764. The van der Waals surface area contributed by atoms with Gasteiger partial charge in [0.1, 0.15) is 22.5 Å². The topological polar surface area (TPSA) is 78.3 Å². The van der Waals surface area contributed by atoms with Crippen molar-refractivity contribution in [1.29, 1.82) is 0 Å². The van der Waals surface area contributed by atoms with E-state index in [4.69, 9.17) is 4.98 Å². The number of alkyl halides is 3. The summed E-state index contributed by atoms with van der Waals surface area (Å²) in [4.78, 5) is 27.0. The predicted molar refractivity (Wildman–Crippen MR) is 126 cm³/mol. The number of aromatic nitrogens is 4. The molecule has 7 nitrogen and oxygen atoms in total. The van der Waals surface area contributed by atoms with Gasteiger partial charge in [0.05, 0.1) is 5.69 Å². The fourth-order valence-electron chi connectivity index (χ4n) is 5.31. The van der Waals surface area contributed by atoms with E-state index in [2.05, 4.69) is 21.4 Å². The monoisotopic (exact) mass is 482 g/mol. The molecule has 2 N–H and O–H groups in total. The van der Waals surface area contributed by atoms with Crippen molar-refractivity contribution >= 4 is 28.1 Å². The van der Waals surface area contributed by atoms with Gasteiger partial charge in [-0.1, -0.05) is 18.2 Å². The Labute approximate surface area is 199 Å². The van der Waals surface area contributed by atoms with Crippen molar-refractivity contribution in [3.63, 3.8) is 0 Å². The van der Waals surface area contributed by atoms with Gasteiger partial charge in [0.2, 0.25) is 5.91 Å². The average Bonchev–Trinajstić information content (AvgIpc) is 3.44. The van der Waals surface area contributed by atoms with Crippen LogP contribution in [-0.2, 0) is 4.79 Å². The number of hydrogen-bond acceptors (Lipinski definition) is 4. The molecule has 1 saturated heterocycles.